The Morgan fingerprint density at radius 2 is 1.90 bits per heavy atom. The van der Waals surface area contributed by atoms with Crippen LogP contribution in [0.25, 0.3) is 22.2 Å². The smallest absolute Gasteiger partial charge is 0.337 e. The van der Waals surface area contributed by atoms with E-state index >= 15 is 0 Å². The van der Waals surface area contributed by atoms with Crippen LogP contribution in [0.3, 0.4) is 0 Å². The van der Waals surface area contributed by atoms with E-state index in [-0.39, 0.29) is 23.7 Å². The van der Waals surface area contributed by atoms with Crippen molar-refractivity contribution in [3.05, 3.63) is 91.5 Å². The highest BCUT2D eigenvalue weighted by Crippen LogP contribution is 2.27. The highest BCUT2D eigenvalue weighted by Gasteiger charge is 2.13. The lowest BCUT2D eigenvalue weighted by atomic mass is 10.0. The first-order valence-electron chi connectivity index (χ1n) is 9.09. The second kappa shape index (κ2) is 7.93. The molecule has 0 fully saturated rings. The van der Waals surface area contributed by atoms with Gasteiger partial charge in [-0.15, -0.1) is 0 Å². The van der Waals surface area contributed by atoms with Crippen LogP contribution in [0.2, 0.25) is 5.02 Å². The number of aryl methyl sites for hydroxylation is 1. The molecule has 0 aliphatic carbocycles. The molecule has 2 aromatic heterocycles. The molecule has 2 heterocycles. The topological polar surface area (TPSA) is 85.2 Å². The Hall–Kier alpha value is -3.38. The molecule has 0 spiro atoms. The molecule has 0 aliphatic heterocycles. The predicted octanol–water partition coefficient (Wildman–Crippen LogP) is 4.34. The van der Waals surface area contributed by atoms with Crippen molar-refractivity contribution in [1.29, 1.82) is 0 Å². The summed E-state index contributed by atoms with van der Waals surface area (Å²) in [5.74, 6) is 0. The van der Waals surface area contributed by atoms with Gasteiger partial charge in [-0.25, -0.2) is 4.79 Å². The number of hydrogen-bond donors (Lipinski definition) is 1. The van der Waals surface area contributed by atoms with Crippen LogP contribution in [0.4, 0.5) is 0 Å². The van der Waals surface area contributed by atoms with Gasteiger partial charge in [-0.1, -0.05) is 54.9 Å². The number of fused-ring (bicyclic) bond motifs is 1. The second-order valence-electron chi connectivity index (χ2n) is 6.45. The number of halogens is 1. The van der Waals surface area contributed by atoms with Crippen molar-refractivity contribution in [3.63, 3.8) is 0 Å². The molecule has 0 amide bonds. The standard InChI is InChI=1S/C22H17ClN2O4/c1-2-13-11-18(26)29-21-19(13)20(27)24-22(25-21)28-12-15-6-3-4-9-17(15)14-7-5-8-16(23)10-14/h3-11H,2,12H2,1H3,(H,24,25,27). The van der Waals surface area contributed by atoms with Gasteiger partial charge in [0.15, 0.2) is 0 Å². The monoisotopic (exact) mass is 408 g/mol. The minimum absolute atomic E-state index is 0.0141. The molecule has 0 radical (unpaired) electrons. The van der Waals surface area contributed by atoms with Gasteiger partial charge in [-0.3, -0.25) is 9.78 Å². The summed E-state index contributed by atoms with van der Waals surface area (Å²) < 4.78 is 10.8. The van der Waals surface area contributed by atoms with Crippen molar-refractivity contribution in [2.75, 3.05) is 0 Å². The largest absolute Gasteiger partial charge is 0.460 e. The summed E-state index contributed by atoms with van der Waals surface area (Å²) in [5, 5.41) is 0.902. The molecular weight excluding hydrogens is 392 g/mol. The molecule has 0 atom stereocenters. The number of H-pyrrole nitrogens is 1. The van der Waals surface area contributed by atoms with E-state index in [9.17, 15) is 9.59 Å². The third kappa shape index (κ3) is 3.93. The van der Waals surface area contributed by atoms with Crippen LogP contribution >= 0.6 is 11.6 Å². The lowest BCUT2D eigenvalue weighted by Gasteiger charge is -2.11. The zero-order chi connectivity index (χ0) is 20.4. The van der Waals surface area contributed by atoms with Crippen LogP contribution in [0, 0.1) is 0 Å². The summed E-state index contributed by atoms with van der Waals surface area (Å²) in [6.45, 7) is 2.01. The first-order valence-corrected chi connectivity index (χ1v) is 9.46. The first kappa shape index (κ1) is 19.0. The van der Waals surface area contributed by atoms with Crippen LogP contribution in [0.15, 0.2) is 68.6 Å². The van der Waals surface area contributed by atoms with E-state index in [1.54, 1.807) is 0 Å². The molecule has 29 heavy (non-hydrogen) atoms. The molecule has 146 valence electrons. The number of ether oxygens (including phenoxy) is 1. The van der Waals surface area contributed by atoms with Crippen LogP contribution < -0.4 is 15.9 Å². The van der Waals surface area contributed by atoms with Crippen molar-refractivity contribution in [2.24, 2.45) is 0 Å². The highest BCUT2D eigenvalue weighted by atomic mass is 35.5. The average molecular weight is 409 g/mol. The molecule has 4 aromatic rings. The summed E-state index contributed by atoms with van der Waals surface area (Å²) in [4.78, 5) is 31.0. The number of rotatable bonds is 5. The normalized spacial score (nSPS) is 11.0. The molecule has 7 heteroatoms. The minimum atomic E-state index is -0.551. The fourth-order valence-corrected chi connectivity index (χ4v) is 3.40. The number of hydrogen-bond acceptors (Lipinski definition) is 5. The van der Waals surface area contributed by atoms with Gasteiger partial charge < -0.3 is 9.15 Å². The lowest BCUT2D eigenvalue weighted by Crippen LogP contribution is -2.15. The summed E-state index contributed by atoms with van der Waals surface area (Å²) in [6, 6.07) is 16.5. The van der Waals surface area contributed by atoms with Crippen molar-refractivity contribution < 1.29 is 9.15 Å². The Labute approximate surface area is 170 Å². The SMILES string of the molecule is CCc1cc(=O)oc2nc(OCc3ccccc3-c3cccc(Cl)c3)[nH]c(=O)c12. The van der Waals surface area contributed by atoms with Gasteiger partial charge in [0.2, 0.25) is 5.71 Å². The van der Waals surface area contributed by atoms with E-state index < -0.39 is 11.2 Å². The van der Waals surface area contributed by atoms with E-state index in [0.29, 0.717) is 17.0 Å². The summed E-state index contributed by atoms with van der Waals surface area (Å²) in [6.07, 6.45) is 0.514. The zero-order valence-electron chi connectivity index (χ0n) is 15.6. The molecule has 4 rings (SSSR count). The third-order valence-corrected chi connectivity index (χ3v) is 4.81. The van der Waals surface area contributed by atoms with Gasteiger partial charge in [-0.2, -0.15) is 4.98 Å². The Kier molecular flexibility index (Phi) is 5.18. The third-order valence-electron chi connectivity index (χ3n) is 4.57. The minimum Gasteiger partial charge on any atom is -0.460 e. The molecule has 2 aromatic carbocycles. The Bertz CT molecular complexity index is 1310. The highest BCUT2D eigenvalue weighted by molar-refractivity contribution is 6.30. The lowest BCUT2D eigenvalue weighted by molar-refractivity contribution is 0.280. The molecule has 0 saturated carbocycles. The fraction of sp³-hybridized carbons (Fsp3) is 0.136. The maximum atomic E-state index is 12.5. The second-order valence-corrected chi connectivity index (χ2v) is 6.89. The molecule has 6 nitrogen and oxygen atoms in total. The molecule has 0 unspecified atom stereocenters. The molecular formula is C22H17ClN2O4. The van der Waals surface area contributed by atoms with Gasteiger partial charge in [0.25, 0.3) is 11.6 Å². The van der Waals surface area contributed by atoms with E-state index in [2.05, 4.69) is 9.97 Å². The first-order chi connectivity index (χ1) is 14.0. The van der Waals surface area contributed by atoms with E-state index in [1.807, 2.05) is 55.5 Å². The van der Waals surface area contributed by atoms with Gasteiger partial charge in [0.05, 0.1) is 0 Å². The van der Waals surface area contributed by atoms with Crippen molar-refractivity contribution in [1.82, 2.24) is 9.97 Å². The van der Waals surface area contributed by atoms with E-state index in [0.717, 1.165) is 16.7 Å². The number of aromatic nitrogens is 2. The predicted molar refractivity (Wildman–Crippen MR) is 111 cm³/mol. The maximum Gasteiger partial charge on any atom is 0.337 e. The Morgan fingerprint density at radius 1 is 1.07 bits per heavy atom. The van der Waals surface area contributed by atoms with E-state index in [4.69, 9.17) is 20.8 Å². The molecule has 0 saturated heterocycles. The number of nitrogens with zero attached hydrogens (tertiary/aromatic N) is 1. The molecule has 0 aliphatic rings. The number of benzene rings is 2. The molecule has 1 N–H and O–H groups in total. The Morgan fingerprint density at radius 3 is 2.69 bits per heavy atom. The Balaban J connectivity index is 1.68. The van der Waals surface area contributed by atoms with Crippen LogP contribution in [-0.4, -0.2) is 9.97 Å². The zero-order valence-corrected chi connectivity index (χ0v) is 16.3. The summed E-state index contributed by atoms with van der Waals surface area (Å²) in [5.41, 5.74) is 2.40. The molecule has 0 bridgehead atoms. The number of nitrogens with one attached hydrogen (secondary N) is 1. The van der Waals surface area contributed by atoms with Gasteiger partial charge in [0, 0.05) is 11.1 Å². The van der Waals surface area contributed by atoms with Crippen LogP contribution in [-0.2, 0) is 13.0 Å². The fourth-order valence-electron chi connectivity index (χ4n) is 3.21. The van der Waals surface area contributed by atoms with Gasteiger partial charge >= 0.3 is 5.63 Å². The maximum absolute atomic E-state index is 12.5. The van der Waals surface area contributed by atoms with Gasteiger partial charge in [0.1, 0.15) is 12.0 Å². The summed E-state index contributed by atoms with van der Waals surface area (Å²) >= 11 is 6.11. The summed E-state index contributed by atoms with van der Waals surface area (Å²) in [7, 11) is 0. The van der Waals surface area contributed by atoms with Crippen molar-refractivity contribution >= 4 is 22.7 Å². The quantitative estimate of drug-likeness (QED) is 0.531. The average Bonchev–Trinajstić information content (AvgIpc) is 2.71. The number of aromatic amines is 1. The van der Waals surface area contributed by atoms with Gasteiger partial charge in [-0.05, 0) is 40.8 Å². The van der Waals surface area contributed by atoms with Crippen LogP contribution in [0.1, 0.15) is 18.1 Å². The van der Waals surface area contributed by atoms with Crippen molar-refractivity contribution in [2.45, 2.75) is 20.0 Å². The van der Waals surface area contributed by atoms with Crippen LogP contribution in [0.5, 0.6) is 6.01 Å². The van der Waals surface area contributed by atoms with E-state index in [1.165, 1.54) is 6.07 Å². The van der Waals surface area contributed by atoms with Crippen molar-refractivity contribution in [3.8, 4) is 17.1 Å².